The van der Waals surface area contributed by atoms with E-state index in [-0.39, 0.29) is 66.7 Å². The first-order valence-electron chi connectivity index (χ1n) is 12.7. The van der Waals surface area contributed by atoms with Crippen molar-refractivity contribution < 1.29 is 33.4 Å². The van der Waals surface area contributed by atoms with Gasteiger partial charge in [-0.2, -0.15) is 0 Å². The Labute approximate surface area is 222 Å². The average Bonchev–Trinajstić information content (AvgIpc) is 3.52. The van der Waals surface area contributed by atoms with Crippen LogP contribution in [0, 0.1) is 11.8 Å². The number of oxazole rings is 1. The second kappa shape index (κ2) is 13.1. The SMILES string of the molecule is CC1=C/[C@@H](O)CC(=O)Cc2nc(co2)C(=O)N2CCC=C2C(=O)O[C@H](C(C)C)[C@H](C)/C=C\C(=O)NC/C=C\1. The second-order valence-corrected chi connectivity index (χ2v) is 9.84. The first kappa shape index (κ1) is 28.8. The number of aliphatic hydroxyl groups is 1. The van der Waals surface area contributed by atoms with Crippen molar-refractivity contribution in [2.45, 2.75) is 59.2 Å². The number of aliphatic hydroxyl groups excluding tert-OH is 1. The number of carbonyl (C=O) groups is 4. The summed E-state index contributed by atoms with van der Waals surface area (Å²) in [5.41, 5.74) is 0.809. The zero-order valence-electron chi connectivity index (χ0n) is 22.2. The molecule has 3 atom stereocenters. The Bertz CT molecular complexity index is 1170. The summed E-state index contributed by atoms with van der Waals surface area (Å²) >= 11 is 0. The average molecular weight is 526 g/mol. The Hall–Kier alpha value is -3.79. The van der Waals surface area contributed by atoms with Crippen LogP contribution in [0.2, 0.25) is 0 Å². The van der Waals surface area contributed by atoms with Crippen molar-refractivity contribution in [1.82, 2.24) is 15.2 Å². The Morgan fingerprint density at radius 1 is 1.18 bits per heavy atom. The molecule has 0 fully saturated rings. The van der Waals surface area contributed by atoms with Crippen molar-refractivity contribution in [1.29, 1.82) is 0 Å². The van der Waals surface area contributed by atoms with Crippen molar-refractivity contribution in [3.05, 3.63) is 65.6 Å². The number of carbonyl (C=O) groups excluding carboxylic acids is 4. The maximum atomic E-state index is 13.1. The van der Waals surface area contributed by atoms with Crippen molar-refractivity contribution in [2.75, 3.05) is 13.1 Å². The van der Waals surface area contributed by atoms with E-state index in [2.05, 4.69) is 10.3 Å². The van der Waals surface area contributed by atoms with Gasteiger partial charge in [0.05, 0.1) is 12.5 Å². The highest BCUT2D eigenvalue weighted by atomic mass is 16.5. The number of Topliss-reactive ketones (excluding diaryl/α,β-unsaturated/α-hetero) is 1. The van der Waals surface area contributed by atoms with Crippen LogP contribution in [0.4, 0.5) is 0 Å². The van der Waals surface area contributed by atoms with Gasteiger partial charge in [-0.15, -0.1) is 0 Å². The maximum absolute atomic E-state index is 13.1. The molecule has 2 aliphatic heterocycles. The molecular weight excluding hydrogens is 490 g/mol. The summed E-state index contributed by atoms with van der Waals surface area (Å²) < 4.78 is 11.1. The lowest BCUT2D eigenvalue weighted by molar-refractivity contribution is -0.149. The van der Waals surface area contributed by atoms with Gasteiger partial charge in [-0.3, -0.25) is 14.4 Å². The quantitative estimate of drug-likeness (QED) is 0.534. The van der Waals surface area contributed by atoms with E-state index in [1.165, 1.54) is 11.0 Å². The van der Waals surface area contributed by atoms with E-state index < -0.39 is 24.1 Å². The van der Waals surface area contributed by atoms with Crippen molar-refractivity contribution in [3.8, 4) is 0 Å². The van der Waals surface area contributed by atoms with Crippen LogP contribution in [-0.4, -0.2) is 63.9 Å². The lowest BCUT2D eigenvalue weighted by Crippen LogP contribution is -2.36. The molecule has 2 aliphatic rings. The Morgan fingerprint density at radius 3 is 2.68 bits per heavy atom. The van der Waals surface area contributed by atoms with E-state index in [1.807, 2.05) is 20.8 Å². The van der Waals surface area contributed by atoms with Gasteiger partial charge in [0, 0.05) is 25.4 Å². The van der Waals surface area contributed by atoms with E-state index in [0.717, 1.165) is 11.8 Å². The highest BCUT2D eigenvalue weighted by molar-refractivity contribution is 6.00. The minimum Gasteiger partial charge on any atom is -0.457 e. The fraction of sp³-hybridized carbons (Fsp3) is 0.464. The molecule has 3 heterocycles. The Balaban J connectivity index is 1.86. The highest BCUT2D eigenvalue weighted by Gasteiger charge is 2.33. The van der Waals surface area contributed by atoms with Gasteiger partial charge in [0.1, 0.15) is 23.8 Å². The van der Waals surface area contributed by atoms with Gasteiger partial charge < -0.3 is 24.5 Å². The number of nitrogens with one attached hydrogen (secondary N) is 1. The lowest BCUT2D eigenvalue weighted by Gasteiger charge is -2.27. The number of fused-ring (bicyclic) bond motifs is 3. The van der Waals surface area contributed by atoms with E-state index in [4.69, 9.17) is 9.15 Å². The zero-order valence-corrected chi connectivity index (χ0v) is 22.2. The molecule has 3 rings (SSSR count). The molecule has 0 saturated heterocycles. The number of rotatable bonds is 1. The standard InChI is InChI=1S/C28H35N3O7/c1-17(2)26-19(4)9-10-24(34)29-11-5-7-18(3)13-20(32)14-21(33)15-25-30-22(16-37-25)27(35)31-12-6-8-23(31)28(36)38-26/h5,7-10,13,16-17,19-20,26,32H,6,11-12,14-15H2,1-4H3,(H,29,34)/b7-5-,10-9-,18-13-/t19-,20-,26-/m1/s1. The van der Waals surface area contributed by atoms with Gasteiger partial charge in [-0.1, -0.05) is 56.7 Å². The highest BCUT2D eigenvalue weighted by Crippen LogP contribution is 2.24. The molecule has 0 saturated carbocycles. The first-order valence-corrected chi connectivity index (χ1v) is 12.7. The molecule has 2 amide bonds. The van der Waals surface area contributed by atoms with Crippen LogP contribution in [0.3, 0.4) is 0 Å². The molecule has 0 aliphatic carbocycles. The van der Waals surface area contributed by atoms with Gasteiger partial charge in [0.2, 0.25) is 11.8 Å². The molecule has 0 spiro atoms. The van der Waals surface area contributed by atoms with E-state index in [1.54, 1.807) is 37.3 Å². The van der Waals surface area contributed by atoms with Crippen molar-refractivity contribution in [2.24, 2.45) is 11.8 Å². The minimum absolute atomic E-state index is 0.0315. The predicted molar refractivity (Wildman–Crippen MR) is 139 cm³/mol. The third-order valence-electron chi connectivity index (χ3n) is 6.19. The number of hydrogen-bond acceptors (Lipinski definition) is 8. The number of nitrogens with zero attached hydrogens (tertiary/aromatic N) is 2. The zero-order chi connectivity index (χ0) is 27.8. The molecule has 204 valence electrons. The normalized spacial score (nSPS) is 27.6. The summed E-state index contributed by atoms with van der Waals surface area (Å²) in [7, 11) is 0. The van der Waals surface area contributed by atoms with Gasteiger partial charge in [0.25, 0.3) is 5.91 Å². The maximum Gasteiger partial charge on any atom is 0.355 e. The number of hydrogen-bond donors (Lipinski definition) is 2. The van der Waals surface area contributed by atoms with Crippen LogP contribution in [0.15, 0.2) is 58.4 Å². The van der Waals surface area contributed by atoms with Crippen LogP contribution in [0.25, 0.3) is 0 Å². The molecule has 1 aromatic heterocycles. The molecule has 1 aromatic rings. The van der Waals surface area contributed by atoms with E-state index in [9.17, 15) is 24.3 Å². The number of allylic oxidation sites excluding steroid dienone is 2. The minimum atomic E-state index is -1.01. The molecule has 38 heavy (non-hydrogen) atoms. The smallest absolute Gasteiger partial charge is 0.355 e. The third-order valence-corrected chi connectivity index (χ3v) is 6.19. The summed E-state index contributed by atoms with van der Waals surface area (Å²) in [4.78, 5) is 56.3. The number of amides is 2. The molecule has 2 N–H and O–H groups in total. The second-order valence-electron chi connectivity index (χ2n) is 9.84. The van der Waals surface area contributed by atoms with Gasteiger partial charge >= 0.3 is 5.97 Å². The monoisotopic (exact) mass is 525 g/mol. The van der Waals surface area contributed by atoms with Gasteiger partial charge in [-0.25, -0.2) is 9.78 Å². The molecule has 10 heteroatoms. The summed E-state index contributed by atoms with van der Waals surface area (Å²) in [6.45, 7) is 8.00. The summed E-state index contributed by atoms with van der Waals surface area (Å²) in [5.74, 6) is -2.07. The fourth-order valence-corrected chi connectivity index (χ4v) is 4.33. The van der Waals surface area contributed by atoms with Crippen LogP contribution < -0.4 is 5.32 Å². The number of esters is 1. The van der Waals surface area contributed by atoms with Crippen LogP contribution >= 0.6 is 0 Å². The summed E-state index contributed by atoms with van der Waals surface area (Å²) in [6.07, 6.45) is 9.48. The lowest BCUT2D eigenvalue weighted by atomic mass is 9.94. The van der Waals surface area contributed by atoms with Crippen LogP contribution in [0.5, 0.6) is 0 Å². The van der Waals surface area contributed by atoms with Gasteiger partial charge in [0.15, 0.2) is 5.69 Å². The Morgan fingerprint density at radius 2 is 1.95 bits per heavy atom. The molecular formula is C28H35N3O7. The summed E-state index contributed by atoms with van der Waals surface area (Å²) in [6, 6.07) is 0. The molecule has 10 nitrogen and oxygen atoms in total. The number of cyclic esters (lactones) is 1. The van der Waals surface area contributed by atoms with Crippen LogP contribution in [0.1, 0.15) is 56.9 Å². The summed E-state index contributed by atoms with van der Waals surface area (Å²) in [5, 5.41) is 13.0. The topological polar surface area (TPSA) is 139 Å². The van der Waals surface area contributed by atoms with Gasteiger partial charge in [-0.05, 0) is 25.3 Å². The van der Waals surface area contributed by atoms with E-state index in [0.29, 0.717) is 6.42 Å². The largest absolute Gasteiger partial charge is 0.457 e. The number of ketones is 1. The predicted octanol–water partition coefficient (Wildman–Crippen LogP) is 2.66. The molecule has 0 radical (unpaired) electrons. The molecule has 0 aromatic carbocycles. The van der Waals surface area contributed by atoms with Crippen molar-refractivity contribution >= 4 is 23.6 Å². The van der Waals surface area contributed by atoms with E-state index >= 15 is 0 Å². The third kappa shape index (κ3) is 7.85. The molecule has 2 bridgehead atoms. The fourth-order valence-electron chi connectivity index (χ4n) is 4.33. The number of aromatic nitrogens is 1. The Kier molecular flexibility index (Phi) is 9.95. The molecule has 0 unspecified atom stereocenters. The first-order chi connectivity index (χ1) is 18.0. The number of ether oxygens (including phenoxy) is 1. The van der Waals surface area contributed by atoms with Crippen molar-refractivity contribution in [3.63, 3.8) is 0 Å². The van der Waals surface area contributed by atoms with Crippen LogP contribution in [-0.2, 0) is 25.5 Å².